The van der Waals surface area contributed by atoms with Crippen LogP contribution in [0.2, 0.25) is 0 Å². The van der Waals surface area contributed by atoms with Gasteiger partial charge in [0.2, 0.25) is 11.8 Å². The van der Waals surface area contributed by atoms with Gasteiger partial charge in [-0.1, -0.05) is 43.3 Å². The average Bonchev–Trinajstić information content (AvgIpc) is 2.98. The van der Waals surface area contributed by atoms with E-state index in [0.29, 0.717) is 28.1 Å². The normalized spacial score (nSPS) is 13.1. The van der Waals surface area contributed by atoms with Crippen LogP contribution in [-0.2, 0) is 32.3 Å². The predicted molar refractivity (Wildman–Crippen MR) is 153 cm³/mol. The van der Waals surface area contributed by atoms with Gasteiger partial charge in [-0.05, 0) is 68.3 Å². The number of halogens is 3. The lowest BCUT2D eigenvalue weighted by Gasteiger charge is -2.32. The molecule has 0 spiro atoms. The van der Waals surface area contributed by atoms with Gasteiger partial charge in [-0.15, -0.1) is 0 Å². The monoisotopic (exact) mass is 605 g/mol. The fourth-order valence-electron chi connectivity index (χ4n) is 4.10. The average molecular weight is 606 g/mol. The molecule has 2 atom stereocenters. The van der Waals surface area contributed by atoms with E-state index >= 15 is 0 Å². The fourth-order valence-corrected chi connectivity index (χ4v) is 5.53. The van der Waals surface area contributed by atoms with Gasteiger partial charge in [0.05, 0.1) is 23.3 Å². The predicted octanol–water partition coefficient (Wildman–Crippen LogP) is 5.24. The molecule has 3 aromatic carbocycles. The van der Waals surface area contributed by atoms with Crippen molar-refractivity contribution < 1.29 is 35.9 Å². The number of sulfonamides is 1. The molecule has 8 nitrogen and oxygen atoms in total. The maximum Gasteiger partial charge on any atom is 0.416 e. The van der Waals surface area contributed by atoms with Crippen LogP contribution in [0.1, 0.15) is 38.3 Å². The lowest BCUT2D eigenvalue weighted by Crippen LogP contribution is -2.52. The Labute approximate surface area is 244 Å². The molecule has 0 saturated carbocycles. The lowest BCUT2D eigenvalue weighted by molar-refractivity contribution is -0.139. The standard InChI is InChI=1S/C30H34F3N3O5S/c1-5-21(2)34-29(38)22(3)35(19-23-11-9-14-26(17-23)41-4)28(37)20-36(42(39,40)27-15-7-6-8-16-27)25-13-10-12-24(18-25)30(31,32)33/h6-18,21-22H,5,19-20H2,1-4H3,(H,34,38)/t21-,22+/m0/s1. The molecule has 1 N–H and O–H groups in total. The number of anilines is 1. The molecule has 3 rings (SSSR count). The van der Waals surface area contributed by atoms with Crippen molar-refractivity contribution in [3.05, 3.63) is 90.0 Å². The van der Waals surface area contributed by atoms with Crippen LogP contribution < -0.4 is 14.4 Å². The Balaban J connectivity index is 2.08. The molecule has 0 fully saturated rings. The van der Waals surface area contributed by atoms with Crippen molar-refractivity contribution in [3.63, 3.8) is 0 Å². The number of amides is 2. The number of ether oxygens (including phenoxy) is 1. The first-order valence-electron chi connectivity index (χ1n) is 13.3. The number of hydrogen-bond donors (Lipinski definition) is 1. The third-order valence-corrected chi connectivity index (χ3v) is 8.52. The summed E-state index contributed by atoms with van der Waals surface area (Å²) in [6.07, 6.45) is -4.11. The Kier molecular flexibility index (Phi) is 10.6. The largest absolute Gasteiger partial charge is 0.497 e. The second-order valence-electron chi connectivity index (χ2n) is 9.74. The van der Waals surface area contributed by atoms with Crippen molar-refractivity contribution in [3.8, 4) is 5.75 Å². The number of benzene rings is 3. The molecule has 12 heteroatoms. The highest BCUT2D eigenvalue weighted by molar-refractivity contribution is 7.92. The molecule has 0 radical (unpaired) electrons. The quantitative estimate of drug-likeness (QED) is 0.305. The van der Waals surface area contributed by atoms with Crippen molar-refractivity contribution in [1.29, 1.82) is 0 Å². The van der Waals surface area contributed by atoms with Gasteiger partial charge < -0.3 is 15.0 Å². The highest BCUT2D eigenvalue weighted by atomic mass is 32.2. The summed E-state index contributed by atoms with van der Waals surface area (Å²) in [4.78, 5) is 28.0. The summed E-state index contributed by atoms with van der Waals surface area (Å²) in [5.74, 6) is -0.743. The Bertz CT molecular complexity index is 1480. The zero-order valence-corrected chi connectivity index (χ0v) is 24.6. The van der Waals surface area contributed by atoms with Crippen molar-refractivity contribution in [2.24, 2.45) is 0 Å². The minimum absolute atomic E-state index is 0.0903. The van der Waals surface area contributed by atoms with Crippen molar-refractivity contribution in [2.45, 2.75) is 56.9 Å². The molecule has 42 heavy (non-hydrogen) atoms. The minimum Gasteiger partial charge on any atom is -0.497 e. The van der Waals surface area contributed by atoms with Gasteiger partial charge in [-0.2, -0.15) is 13.2 Å². The van der Waals surface area contributed by atoms with E-state index in [2.05, 4.69) is 5.32 Å². The summed E-state index contributed by atoms with van der Waals surface area (Å²) in [6, 6.07) is 16.4. The van der Waals surface area contributed by atoms with E-state index in [9.17, 15) is 31.2 Å². The zero-order valence-electron chi connectivity index (χ0n) is 23.8. The molecule has 0 bridgehead atoms. The molecule has 2 amide bonds. The summed E-state index contributed by atoms with van der Waals surface area (Å²) in [5.41, 5.74) is -0.822. The number of methoxy groups -OCH3 is 1. The number of carbonyl (C=O) groups excluding carboxylic acids is 2. The second-order valence-corrected chi connectivity index (χ2v) is 11.6. The van der Waals surface area contributed by atoms with E-state index in [1.165, 1.54) is 49.3 Å². The van der Waals surface area contributed by atoms with Crippen LogP contribution in [0.5, 0.6) is 5.75 Å². The van der Waals surface area contributed by atoms with E-state index in [0.717, 1.165) is 12.1 Å². The first-order valence-corrected chi connectivity index (χ1v) is 14.7. The fraction of sp³-hybridized carbons (Fsp3) is 0.333. The molecular formula is C30H34F3N3O5S. The first-order chi connectivity index (χ1) is 19.8. The van der Waals surface area contributed by atoms with Crippen LogP contribution in [0, 0.1) is 0 Å². The van der Waals surface area contributed by atoms with E-state index in [1.54, 1.807) is 37.3 Å². The molecule has 0 aliphatic rings. The molecule has 3 aromatic rings. The Morgan fingerprint density at radius 2 is 1.62 bits per heavy atom. The van der Waals surface area contributed by atoms with Gasteiger partial charge >= 0.3 is 6.18 Å². The lowest BCUT2D eigenvalue weighted by atomic mass is 10.1. The second kappa shape index (κ2) is 13.7. The van der Waals surface area contributed by atoms with E-state index < -0.39 is 46.2 Å². The van der Waals surface area contributed by atoms with Gasteiger partial charge in [0.25, 0.3) is 10.0 Å². The van der Waals surface area contributed by atoms with E-state index in [1.807, 2.05) is 6.92 Å². The number of nitrogens with zero attached hydrogens (tertiary/aromatic N) is 2. The molecule has 0 unspecified atom stereocenters. The van der Waals surface area contributed by atoms with Crippen LogP contribution in [0.15, 0.2) is 83.8 Å². The Hall–Kier alpha value is -4.06. The molecule has 0 heterocycles. The third-order valence-electron chi connectivity index (χ3n) is 6.73. The summed E-state index contributed by atoms with van der Waals surface area (Å²) < 4.78 is 74.1. The maximum atomic E-state index is 13.9. The highest BCUT2D eigenvalue weighted by Gasteiger charge is 2.35. The summed E-state index contributed by atoms with van der Waals surface area (Å²) in [5, 5.41) is 2.82. The maximum absolute atomic E-state index is 13.9. The first kappa shape index (κ1) is 32.5. The number of hydrogen-bond acceptors (Lipinski definition) is 5. The van der Waals surface area contributed by atoms with Crippen LogP contribution in [0.4, 0.5) is 18.9 Å². The van der Waals surface area contributed by atoms with Crippen LogP contribution in [0.25, 0.3) is 0 Å². The summed E-state index contributed by atoms with van der Waals surface area (Å²) in [7, 11) is -3.02. The van der Waals surface area contributed by atoms with Gasteiger partial charge in [0.1, 0.15) is 18.3 Å². The van der Waals surface area contributed by atoms with Gasteiger partial charge in [0, 0.05) is 12.6 Å². The van der Waals surface area contributed by atoms with E-state index in [4.69, 9.17) is 4.74 Å². The molecular weight excluding hydrogens is 571 g/mol. The van der Waals surface area contributed by atoms with Gasteiger partial charge in [-0.25, -0.2) is 8.42 Å². The topological polar surface area (TPSA) is 96.0 Å². The van der Waals surface area contributed by atoms with Crippen LogP contribution in [-0.4, -0.2) is 50.9 Å². The van der Waals surface area contributed by atoms with E-state index in [-0.39, 0.29) is 23.2 Å². The highest BCUT2D eigenvalue weighted by Crippen LogP contribution is 2.33. The van der Waals surface area contributed by atoms with Gasteiger partial charge in [-0.3, -0.25) is 13.9 Å². The minimum atomic E-state index is -4.75. The Morgan fingerprint density at radius 3 is 2.24 bits per heavy atom. The molecule has 0 aliphatic carbocycles. The number of carbonyl (C=O) groups is 2. The Morgan fingerprint density at radius 1 is 0.952 bits per heavy atom. The SMILES string of the molecule is CC[C@H](C)NC(=O)[C@@H](C)N(Cc1cccc(OC)c1)C(=O)CN(c1cccc(C(F)(F)F)c1)S(=O)(=O)c1ccccc1. The summed E-state index contributed by atoms with van der Waals surface area (Å²) >= 11 is 0. The smallest absolute Gasteiger partial charge is 0.416 e. The third kappa shape index (κ3) is 8.03. The molecule has 0 aliphatic heterocycles. The number of alkyl halides is 3. The summed E-state index contributed by atoms with van der Waals surface area (Å²) in [6.45, 7) is 4.25. The molecule has 226 valence electrons. The van der Waals surface area contributed by atoms with Gasteiger partial charge in [0.15, 0.2) is 0 Å². The zero-order chi connectivity index (χ0) is 31.1. The van der Waals surface area contributed by atoms with Crippen molar-refractivity contribution in [2.75, 3.05) is 18.0 Å². The molecule has 0 saturated heterocycles. The molecule has 0 aromatic heterocycles. The van der Waals surface area contributed by atoms with Crippen LogP contribution >= 0.6 is 0 Å². The number of rotatable bonds is 12. The van der Waals surface area contributed by atoms with Crippen molar-refractivity contribution in [1.82, 2.24) is 10.2 Å². The van der Waals surface area contributed by atoms with Crippen molar-refractivity contribution >= 4 is 27.5 Å². The van der Waals surface area contributed by atoms with Crippen LogP contribution in [0.3, 0.4) is 0 Å². The number of nitrogens with one attached hydrogen (secondary N) is 1.